The molecule has 12 rings (SSSR count). The van der Waals surface area contributed by atoms with Gasteiger partial charge in [0.05, 0.1) is 21.7 Å². The van der Waals surface area contributed by atoms with Crippen molar-refractivity contribution in [2.45, 2.75) is 124 Å². The number of carbonyl (C=O) groups is 5. The molecule has 2 bridgehead atoms. The number of alkyl halides is 3. The Hall–Kier alpha value is -6.31. The minimum Gasteiger partial charge on any atom is -0.384 e. The van der Waals surface area contributed by atoms with Crippen LogP contribution in [0.3, 0.4) is 0 Å². The number of anilines is 3. The summed E-state index contributed by atoms with van der Waals surface area (Å²) in [5.41, 5.74) is 0.197. The van der Waals surface area contributed by atoms with Gasteiger partial charge in [-0.2, -0.15) is 13.2 Å². The van der Waals surface area contributed by atoms with Crippen LogP contribution in [0.15, 0.2) is 117 Å². The molecule has 0 spiro atoms. The van der Waals surface area contributed by atoms with Crippen LogP contribution >= 0.6 is 11.8 Å². The van der Waals surface area contributed by atoms with E-state index in [4.69, 9.17) is 0 Å². The fourth-order valence-electron chi connectivity index (χ4n) is 14.3. The summed E-state index contributed by atoms with van der Waals surface area (Å²) in [4.78, 5) is 73.7. The second-order valence-electron chi connectivity index (χ2n) is 25.8. The molecule has 4 aliphatic carbocycles. The number of amides is 5. The average molecular weight is 1270 g/mol. The van der Waals surface area contributed by atoms with E-state index in [1.165, 1.54) is 62.4 Å². The fourth-order valence-corrected chi connectivity index (χ4v) is 17.3. The molecular weight excluding hydrogens is 1190 g/mol. The Morgan fingerprint density at radius 2 is 1.47 bits per heavy atom. The number of nitrogens with zero attached hydrogens (tertiary/aromatic N) is 5. The molecule has 8 aliphatic rings. The molecule has 2 atom stereocenters. The number of piperidine rings is 1. The van der Waals surface area contributed by atoms with Gasteiger partial charge in [0, 0.05) is 112 Å². The predicted molar refractivity (Wildman–Crippen MR) is 331 cm³/mol. The molecule has 4 aromatic rings. The Balaban J connectivity index is 0.688. The molecule has 4 aromatic carbocycles. The number of halogens is 3. The first-order chi connectivity index (χ1) is 41.9. The minimum absolute atomic E-state index is 0.00600. The largest absolute Gasteiger partial charge is 0.501 e. The van der Waals surface area contributed by atoms with E-state index < -0.39 is 82.5 Å². The second-order valence-corrected chi connectivity index (χ2v) is 30.5. The minimum atomic E-state index is -6.14. The Labute approximate surface area is 517 Å². The summed E-state index contributed by atoms with van der Waals surface area (Å²) in [6.07, 6.45) is 10.00. The molecule has 472 valence electrons. The molecule has 1 unspecified atom stereocenters. The van der Waals surface area contributed by atoms with Crippen LogP contribution in [0.2, 0.25) is 0 Å². The lowest BCUT2D eigenvalue weighted by molar-refractivity contribution is -0.182. The molecule has 5 amide bonds. The molecule has 3 saturated carbocycles. The SMILES string of the molecule is CCC12CC(C3=C(CN4CCN(c5ccc(C(=O)NS(=O)(=O)c6ccc(N[C@H](CCN7CCN(CCCNc8cccc9c8C(=O)N(C8CCC(=O)NC8=O)C9=O)CC7)CSc7ccccc7)c(S(=O)(=O)C(F)(F)F)c6)cc5)CC4)CCC(C)(C)C3)(C1)C2. The van der Waals surface area contributed by atoms with Gasteiger partial charge < -0.3 is 25.3 Å². The monoisotopic (exact) mass is 1270 g/mol. The quantitative estimate of drug-likeness (QED) is 0.0236. The topological polar surface area (TPSA) is 218 Å². The number of sulfonamides is 1. The third-order valence-electron chi connectivity index (χ3n) is 19.3. The maximum atomic E-state index is 14.5. The maximum Gasteiger partial charge on any atom is 0.501 e. The summed E-state index contributed by atoms with van der Waals surface area (Å²) in [5.74, 6) is -3.03. The van der Waals surface area contributed by atoms with Gasteiger partial charge in [0.1, 0.15) is 10.9 Å². The van der Waals surface area contributed by atoms with E-state index in [0.717, 1.165) is 66.8 Å². The third-order valence-corrected chi connectivity index (χ3v) is 23.4. The van der Waals surface area contributed by atoms with Crippen LogP contribution in [-0.4, -0.2) is 168 Å². The highest BCUT2D eigenvalue weighted by Crippen LogP contribution is 2.79. The van der Waals surface area contributed by atoms with Crippen molar-refractivity contribution in [2.24, 2.45) is 16.2 Å². The molecule has 6 fully saturated rings. The first-order valence-electron chi connectivity index (χ1n) is 30.6. The van der Waals surface area contributed by atoms with Crippen LogP contribution in [0.1, 0.15) is 122 Å². The average Bonchev–Trinajstić information content (AvgIpc) is 0.794. The van der Waals surface area contributed by atoms with Gasteiger partial charge in [0.2, 0.25) is 11.8 Å². The zero-order valence-electron chi connectivity index (χ0n) is 50.1. The zero-order valence-corrected chi connectivity index (χ0v) is 52.5. The highest BCUT2D eigenvalue weighted by Gasteiger charge is 2.68. The van der Waals surface area contributed by atoms with Crippen molar-refractivity contribution in [3.8, 4) is 0 Å². The van der Waals surface area contributed by atoms with Gasteiger partial charge in [-0.05, 0) is 147 Å². The highest BCUT2D eigenvalue weighted by molar-refractivity contribution is 7.99. The summed E-state index contributed by atoms with van der Waals surface area (Å²) in [5, 5.41) is 8.54. The summed E-state index contributed by atoms with van der Waals surface area (Å²) < 4.78 is 99.9. The molecule has 24 heteroatoms. The molecule has 0 aromatic heterocycles. The van der Waals surface area contributed by atoms with Crippen molar-refractivity contribution < 1.29 is 54.0 Å². The standard InChI is InChI=1S/C64H78F3N9O9S3/c1-4-62-40-63(41-62,42-62)50-37-61(2,3)24-22-44(50)38-74-32-34-75(35-33-74)46-16-14-43(15-17-46)57(78)71-88(84,85)48-18-19-51(54(36-48)87(82,83)64(65,66)67)69-45(39-86-47-10-6-5-7-11-47)23-27-73-30-28-72(29-31-73)26-9-25-68-52-13-8-12-49-56(52)60(81)76(59(49)80)53-20-21-55(77)70-58(53)79/h5-8,10-19,36,45,53,68-69H,4,9,20-35,37-42H2,1-3H3,(H,71,78)(H,70,77,79)/t45-,53?,62?,63?/m1/s1. The number of imide groups is 2. The molecule has 0 radical (unpaired) electrons. The van der Waals surface area contributed by atoms with Crippen LogP contribution in [-0.2, 0) is 29.4 Å². The van der Waals surface area contributed by atoms with E-state index in [2.05, 4.69) is 56.3 Å². The Morgan fingerprint density at radius 1 is 0.784 bits per heavy atom. The predicted octanol–water partition coefficient (Wildman–Crippen LogP) is 8.79. The molecule has 18 nitrogen and oxygen atoms in total. The van der Waals surface area contributed by atoms with Crippen molar-refractivity contribution >= 4 is 78.2 Å². The number of nitrogens with one attached hydrogen (secondary N) is 4. The first kappa shape index (κ1) is 63.3. The number of thioether (sulfide) groups is 1. The Bertz CT molecular complexity index is 3590. The van der Waals surface area contributed by atoms with Crippen LogP contribution in [0.25, 0.3) is 0 Å². The second kappa shape index (κ2) is 25.2. The van der Waals surface area contributed by atoms with Crippen molar-refractivity contribution in [1.29, 1.82) is 0 Å². The summed E-state index contributed by atoms with van der Waals surface area (Å²) in [6.45, 7) is 15.8. The highest BCUT2D eigenvalue weighted by atomic mass is 32.2. The lowest BCUT2D eigenvalue weighted by Crippen LogP contribution is -2.63. The van der Waals surface area contributed by atoms with Gasteiger partial charge in [-0.1, -0.05) is 62.6 Å². The number of allylic oxidation sites excluding steroid dienone is 1. The molecule has 4 aliphatic heterocycles. The van der Waals surface area contributed by atoms with Gasteiger partial charge >= 0.3 is 5.51 Å². The number of fused-ring (bicyclic) bond motifs is 1. The number of hydrogen-bond donors (Lipinski definition) is 4. The number of carbonyl (C=O) groups excluding carboxylic acids is 5. The van der Waals surface area contributed by atoms with Crippen molar-refractivity contribution in [2.75, 3.05) is 99.8 Å². The van der Waals surface area contributed by atoms with Gasteiger partial charge in [-0.25, -0.2) is 21.6 Å². The van der Waals surface area contributed by atoms with Gasteiger partial charge in [-0.15, -0.1) is 11.8 Å². The number of hydrogen-bond acceptors (Lipinski definition) is 16. The van der Waals surface area contributed by atoms with Gasteiger partial charge in [0.25, 0.3) is 37.6 Å². The number of rotatable bonds is 23. The first-order valence-corrected chi connectivity index (χ1v) is 34.6. The van der Waals surface area contributed by atoms with Crippen molar-refractivity contribution in [1.82, 2.24) is 29.6 Å². The normalized spacial score (nSPS) is 23.9. The van der Waals surface area contributed by atoms with Crippen molar-refractivity contribution in [3.63, 3.8) is 0 Å². The molecular formula is C64H78F3N9O9S3. The molecule has 88 heavy (non-hydrogen) atoms. The van der Waals surface area contributed by atoms with Crippen molar-refractivity contribution in [3.05, 3.63) is 119 Å². The lowest BCUT2D eigenvalue weighted by Gasteiger charge is -2.73. The molecule has 4 heterocycles. The van der Waals surface area contributed by atoms with Gasteiger partial charge in [-0.3, -0.25) is 39.1 Å². The van der Waals surface area contributed by atoms with Crippen LogP contribution in [0.4, 0.5) is 30.2 Å². The van der Waals surface area contributed by atoms with E-state index in [9.17, 15) is 54.0 Å². The van der Waals surface area contributed by atoms with Gasteiger partial charge in [0.15, 0.2) is 0 Å². The Morgan fingerprint density at radius 3 is 2.14 bits per heavy atom. The maximum absolute atomic E-state index is 14.5. The summed E-state index contributed by atoms with van der Waals surface area (Å²) in [6, 6.07) is 21.5. The van der Waals surface area contributed by atoms with E-state index in [0.29, 0.717) is 92.4 Å². The number of sulfone groups is 1. The van der Waals surface area contributed by atoms with E-state index in [1.807, 2.05) is 35.1 Å². The number of piperazine rings is 2. The van der Waals surface area contributed by atoms with Crippen LogP contribution < -0.4 is 25.6 Å². The zero-order chi connectivity index (χ0) is 62.4. The van der Waals surface area contributed by atoms with Crippen LogP contribution in [0, 0.1) is 16.2 Å². The molecule has 3 saturated heterocycles. The van der Waals surface area contributed by atoms with Crippen LogP contribution in [0.5, 0.6) is 0 Å². The van der Waals surface area contributed by atoms with E-state index >= 15 is 0 Å². The summed E-state index contributed by atoms with van der Waals surface area (Å²) >= 11 is 1.43. The van der Waals surface area contributed by atoms with E-state index in [-0.39, 0.29) is 29.5 Å². The number of benzene rings is 4. The lowest BCUT2D eigenvalue weighted by atomic mass is 9.31. The summed E-state index contributed by atoms with van der Waals surface area (Å²) in [7, 11) is -11.0. The Kier molecular flexibility index (Phi) is 18.1. The smallest absolute Gasteiger partial charge is 0.384 e. The molecule has 4 N–H and O–H groups in total. The fraction of sp³-hybridized carbons (Fsp3) is 0.516. The third kappa shape index (κ3) is 13.3. The van der Waals surface area contributed by atoms with E-state index in [1.54, 1.807) is 41.5 Å².